The molecule has 0 amide bonds. The van der Waals surface area contributed by atoms with Crippen LogP contribution in [0.25, 0.3) is 101 Å². The van der Waals surface area contributed by atoms with E-state index in [0.717, 1.165) is 12.8 Å². The Morgan fingerprint density at radius 1 is 0.269 bits per heavy atom. The van der Waals surface area contributed by atoms with Crippen LogP contribution in [-0.4, -0.2) is 28.2 Å². The molecule has 0 unspecified atom stereocenters. The molecule has 93 heavy (non-hydrogen) atoms. The second-order valence-corrected chi connectivity index (χ2v) is 25.7. The van der Waals surface area contributed by atoms with Gasteiger partial charge in [0.05, 0.1) is 22.7 Å². The summed E-state index contributed by atoms with van der Waals surface area (Å²) < 4.78 is 0. The third-order valence-corrected chi connectivity index (χ3v) is 20.1. The fraction of sp³-hybridized carbons (Fsp3) is 0.101. The smallest absolute Gasteiger partial charge is 0.0561 e. The van der Waals surface area contributed by atoms with Crippen molar-refractivity contribution < 1.29 is 0 Å². The molecular formula is C89H72N4. The Hall–Kier alpha value is -11.2. The van der Waals surface area contributed by atoms with Gasteiger partial charge in [0.25, 0.3) is 0 Å². The molecule has 0 atom stereocenters. The molecule has 14 aromatic rings. The van der Waals surface area contributed by atoms with Gasteiger partial charge in [0.1, 0.15) is 0 Å². The topological polar surface area (TPSA) is 13.0 Å². The third-order valence-electron chi connectivity index (χ3n) is 20.1. The minimum Gasteiger partial charge on any atom is -0.344 e. The van der Waals surface area contributed by atoms with Crippen LogP contribution in [0.3, 0.4) is 0 Å². The first-order valence-electron chi connectivity index (χ1n) is 32.6. The Balaban J connectivity index is 0.0000000987. The monoisotopic (exact) mass is 1200 g/mol. The molecule has 4 heteroatoms. The number of hydrogen-bond acceptors (Lipinski definition) is 4. The lowest BCUT2D eigenvalue weighted by Gasteiger charge is -2.30. The standard InChI is InChI=1S/C24H21N.C23H17N.C23H19N.C19H15N/c1-24(2)20-10-6-5-9-18(20)19-15-14-17-13-12-16-8-4-7-11-21(16)25(3)23(17)22(19)24;1-24-22-18(12-10-16-6-2-4-8-20(16)22)14-15-19-13-11-17-7-3-5-9-21(17)23(19)24;1-24-22-13-11-16-6-4-5-9-20(16)21(22)12-10-19-14-17-7-2-3-8-18(17)15-23(19)24;1-20-18-9-5-3-7-15(18)11-13-16-12-10-14-6-2-4-8-17(14)19(16)20/h4-15H,1-3H3;2-15H,1H3;2-9,11,13-15H,10,12H2,1H3;2-13H,1H3. The molecule has 5 aliphatic rings. The summed E-state index contributed by atoms with van der Waals surface area (Å²) in [6.45, 7) is 4.71. The first-order chi connectivity index (χ1) is 45.6. The van der Waals surface area contributed by atoms with Crippen molar-refractivity contribution in [3.63, 3.8) is 0 Å². The van der Waals surface area contributed by atoms with Gasteiger partial charge in [0.2, 0.25) is 0 Å². The number of nitrogens with zero attached hydrogens (tertiary/aromatic N) is 4. The van der Waals surface area contributed by atoms with Gasteiger partial charge in [-0.3, -0.25) is 0 Å². The SMILES string of the molecule is CN1c2c(ccc3ccccc23)C=Cc2ccc3ccccc3c21.CN1c2cc3ccccc3cc2CCc2c1ccc1ccccc21.CN1c2ccccc2C=Cc2ccc3c(c21)C(C)(C)c1ccccc1-3.CN1c2ccccc2C=Cc2ccc3ccccc3c21. The molecule has 1 aliphatic carbocycles. The number of fused-ring (bicyclic) bond motifs is 21. The molecular weight excluding hydrogens is 1130 g/mol. The second-order valence-electron chi connectivity index (χ2n) is 25.7. The number of benzene rings is 14. The van der Waals surface area contributed by atoms with Gasteiger partial charge in [-0.15, -0.1) is 0 Å². The van der Waals surface area contributed by atoms with Crippen LogP contribution in [0.5, 0.6) is 0 Å². The fourth-order valence-electron chi connectivity index (χ4n) is 15.5. The van der Waals surface area contributed by atoms with Crippen molar-refractivity contribution in [2.75, 3.05) is 47.8 Å². The van der Waals surface area contributed by atoms with E-state index in [0.29, 0.717) is 0 Å². The minimum atomic E-state index is -0.00134. The first-order valence-corrected chi connectivity index (χ1v) is 32.6. The van der Waals surface area contributed by atoms with Crippen LogP contribution in [-0.2, 0) is 18.3 Å². The Labute approximate surface area is 546 Å². The van der Waals surface area contributed by atoms with E-state index in [-0.39, 0.29) is 5.41 Å². The molecule has 0 bridgehead atoms. The van der Waals surface area contributed by atoms with Crippen molar-refractivity contribution in [2.24, 2.45) is 0 Å². The van der Waals surface area contributed by atoms with E-state index in [9.17, 15) is 0 Å². The van der Waals surface area contributed by atoms with Crippen LogP contribution in [0.1, 0.15) is 69.5 Å². The summed E-state index contributed by atoms with van der Waals surface area (Å²) in [5.74, 6) is 0. The zero-order chi connectivity index (χ0) is 62.9. The lowest BCUT2D eigenvalue weighted by Crippen LogP contribution is -2.21. The molecule has 14 aromatic carbocycles. The normalized spacial score (nSPS) is 13.9. The Morgan fingerprint density at radius 2 is 0.667 bits per heavy atom. The van der Waals surface area contributed by atoms with E-state index in [1.165, 1.54) is 166 Å². The van der Waals surface area contributed by atoms with Crippen LogP contribution in [0.4, 0.5) is 45.5 Å². The first kappa shape index (κ1) is 57.0. The summed E-state index contributed by atoms with van der Waals surface area (Å²) in [5, 5.41) is 13.1. The summed E-state index contributed by atoms with van der Waals surface area (Å²) in [6.07, 6.45) is 15.6. The molecule has 448 valence electrons. The molecule has 0 spiro atoms. The maximum Gasteiger partial charge on any atom is 0.0561 e. The average molecular weight is 1200 g/mol. The van der Waals surface area contributed by atoms with E-state index < -0.39 is 0 Å². The van der Waals surface area contributed by atoms with Gasteiger partial charge in [-0.1, -0.05) is 287 Å². The molecule has 0 fully saturated rings. The van der Waals surface area contributed by atoms with Crippen LogP contribution in [0, 0.1) is 0 Å². The summed E-state index contributed by atoms with van der Waals surface area (Å²) >= 11 is 0. The Kier molecular flexibility index (Phi) is 14.2. The number of rotatable bonds is 0. The quantitative estimate of drug-likeness (QED) is 0.150. The van der Waals surface area contributed by atoms with E-state index in [1.807, 2.05) is 0 Å². The largest absolute Gasteiger partial charge is 0.344 e. The second kappa shape index (κ2) is 23.2. The Morgan fingerprint density at radius 3 is 1.23 bits per heavy atom. The number of para-hydroxylation sites is 2. The van der Waals surface area contributed by atoms with Gasteiger partial charge in [0, 0.05) is 72.5 Å². The summed E-state index contributed by atoms with van der Waals surface area (Å²) in [7, 11) is 8.73. The molecule has 0 N–H and O–H groups in total. The highest BCUT2D eigenvalue weighted by atomic mass is 15.1. The van der Waals surface area contributed by atoms with Crippen molar-refractivity contribution in [1.82, 2.24) is 0 Å². The summed E-state index contributed by atoms with van der Waals surface area (Å²) in [5.41, 5.74) is 26.5. The Bertz CT molecular complexity index is 5320. The van der Waals surface area contributed by atoms with Gasteiger partial charge >= 0.3 is 0 Å². The molecule has 0 saturated carbocycles. The van der Waals surface area contributed by atoms with Crippen molar-refractivity contribution in [3.8, 4) is 11.1 Å². The fourth-order valence-corrected chi connectivity index (χ4v) is 15.5. The van der Waals surface area contributed by atoms with E-state index in [2.05, 4.69) is 365 Å². The number of aryl methyl sites for hydroxylation is 2. The van der Waals surface area contributed by atoms with E-state index >= 15 is 0 Å². The van der Waals surface area contributed by atoms with Crippen molar-refractivity contribution in [1.29, 1.82) is 0 Å². The number of hydrogen-bond donors (Lipinski definition) is 0. The van der Waals surface area contributed by atoms with Gasteiger partial charge in [-0.2, -0.15) is 0 Å². The highest BCUT2D eigenvalue weighted by Crippen LogP contribution is 2.55. The third kappa shape index (κ3) is 9.84. The predicted octanol–water partition coefficient (Wildman–Crippen LogP) is 23.4. The molecule has 0 aromatic heterocycles. The number of anilines is 8. The van der Waals surface area contributed by atoms with Crippen molar-refractivity contribution in [2.45, 2.75) is 32.1 Å². The summed E-state index contributed by atoms with van der Waals surface area (Å²) in [6, 6.07) is 96.3. The van der Waals surface area contributed by atoms with Crippen LogP contribution < -0.4 is 19.6 Å². The van der Waals surface area contributed by atoms with Gasteiger partial charge in [-0.25, -0.2) is 0 Å². The van der Waals surface area contributed by atoms with Crippen LogP contribution in [0.2, 0.25) is 0 Å². The highest BCUT2D eigenvalue weighted by molar-refractivity contribution is 6.10. The van der Waals surface area contributed by atoms with Gasteiger partial charge < -0.3 is 19.6 Å². The van der Waals surface area contributed by atoms with E-state index in [1.54, 1.807) is 0 Å². The zero-order valence-corrected chi connectivity index (χ0v) is 53.6. The average Bonchev–Trinajstić information content (AvgIpc) is 1.58. The van der Waals surface area contributed by atoms with E-state index in [4.69, 9.17) is 0 Å². The molecule has 19 rings (SSSR count). The van der Waals surface area contributed by atoms with Crippen molar-refractivity contribution >= 4 is 136 Å². The lowest BCUT2D eigenvalue weighted by molar-refractivity contribution is 0.660. The summed E-state index contributed by atoms with van der Waals surface area (Å²) in [4.78, 5) is 9.40. The van der Waals surface area contributed by atoms with Gasteiger partial charge in [-0.05, 0) is 148 Å². The van der Waals surface area contributed by atoms with Crippen molar-refractivity contribution in [3.05, 3.63) is 323 Å². The predicted molar refractivity (Wildman–Crippen MR) is 403 cm³/mol. The highest BCUT2D eigenvalue weighted by Gasteiger charge is 2.39. The molecule has 0 saturated heterocycles. The minimum absolute atomic E-state index is 0.00134. The zero-order valence-electron chi connectivity index (χ0n) is 53.6. The maximum atomic E-state index is 2.37. The van der Waals surface area contributed by atoms with Crippen LogP contribution >= 0.6 is 0 Å². The lowest BCUT2D eigenvalue weighted by atomic mass is 9.80. The molecule has 4 heterocycles. The molecule has 4 aliphatic heterocycles. The maximum absolute atomic E-state index is 2.37. The molecule has 0 radical (unpaired) electrons. The van der Waals surface area contributed by atoms with Gasteiger partial charge in [0.15, 0.2) is 0 Å². The van der Waals surface area contributed by atoms with Crippen LogP contribution in [0.15, 0.2) is 267 Å². The molecule has 4 nitrogen and oxygen atoms in total.